The van der Waals surface area contributed by atoms with Gasteiger partial charge in [-0.3, -0.25) is 10.1 Å². The highest BCUT2D eigenvalue weighted by molar-refractivity contribution is 5.17. The molecule has 0 fully saturated rings. The van der Waals surface area contributed by atoms with E-state index >= 15 is 0 Å². The molecule has 1 aliphatic carbocycles. The molecule has 0 radical (unpaired) electrons. The molecule has 1 unspecified atom stereocenters. The molecule has 0 aromatic rings. The van der Waals surface area contributed by atoms with E-state index in [0.717, 1.165) is 0 Å². The molecule has 0 aliphatic heterocycles. The Morgan fingerprint density at radius 3 is 2.90 bits per heavy atom. The Bertz CT molecular complexity index is 208. The van der Waals surface area contributed by atoms with Crippen molar-refractivity contribution in [3.63, 3.8) is 0 Å². The normalized spacial score (nSPS) is 24.0. The summed E-state index contributed by atoms with van der Waals surface area (Å²) in [6.45, 7) is 0. The molecular formula is C6H8N2O2. The second-order valence-corrected chi connectivity index (χ2v) is 2.18. The Morgan fingerprint density at radius 1 is 1.80 bits per heavy atom. The van der Waals surface area contributed by atoms with Gasteiger partial charge in [0.25, 0.3) is 0 Å². The van der Waals surface area contributed by atoms with E-state index in [-0.39, 0.29) is 4.92 Å². The lowest BCUT2D eigenvalue weighted by Gasteiger charge is -2.07. The number of hydrogen-bond acceptors (Lipinski definition) is 3. The number of nitrogens with zero attached hydrogens (tertiary/aromatic N) is 1. The van der Waals surface area contributed by atoms with E-state index in [1.807, 2.05) is 0 Å². The van der Waals surface area contributed by atoms with Gasteiger partial charge >= 0.3 is 0 Å². The Morgan fingerprint density at radius 2 is 2.50 bits per heavy atom. The first-order chi connectivity index (χ1) is 4.70. The average molecular weight is 140 g/mol. The Labute approximate surface area is 58.2 Å². The van der Waals surface area contributed by atoms with Gasteiger partial charge in [-0.15, -0.1) is 0 Å². The van der Waals surface area contributed by atoms with Crippen molar-refractivity contribution in [2.24, 2.45) is 5.73 Å². The highest BCUT2D eigenvalue weighted by Crippen LogP contribution is 2.09. The maximum absolute atomic E-state index is 10.2. The van der Waals surface area contributed by atoms with Gasteiger partial charge in [0.2, 0.25) is 6.04 Å². The standard InChI is InChI=1S/C6H8N2O2/c7-5-2-1-3-6(4-5)8(9)10/h1-3,6H,4,7H2. The predicted molar refractivity (Wildman–Crippen MR) is 36.8 cm³/mol. The van der Waals surface area contributed by atoms with Crippen LogP contribution in [-0.2, 0) is 0 Å². The molecule has 0 spiro atoms. The third-order valence-electron chi connectivity index (χ3n) is 1.36. The lowest BCUT2D eigenvalue weighted by molar-refractivity contribution is -0.508. The van der Waals surface area contributed by atoms with Crippen LogP contribution in [-0.4, -0.2) is 11.0 Å². The molecule has 4 heteroatoms. The van der Waals surface area contributed by atoms with Crippen LogP contribution >= 0.6 is 0 Å². The third kappa shape index (κ3) is 1.34. The number of rotatable bonds is 1. The molecule has 0 bridgehead atoms. The van der Waals surface area contributed by atoms with Crippen molar-refractivity contribution in [3.05, 3.63) is 34.0 Å². The second-order valence-electron chi connectivity index (χ2n) is 2.18. The monoisotopic (exact) mass is 140 g/mol. The van der Waals surface area contributed by atoms with Gasteiger partial charge in [0.15, 0.2) is 0 Å². The molecular weight excluding hydrogens is 132 g/mol. The maximum atomic E-state index is 10.2. The van der Waals surface area contributed by atoms with Crippen molar-refractivity contribution in [1.29, 1.82) is 0 Å². The van der Waals surface area contributed by atoms with Crippen molar-refractivity contribution in [2.75, 3.05) is 0 Å². The van der Waals surface area contributed by atoms with Crippen LogP contribution in [0.5, 0.6) is 0 Å². The third-order valence-corrected chi connectivity index (χ3v) is 1.36. The van der Waals surface area contributed by atoms with E-state index in [1.165, 1.54) is 6.08 Å². The van der Waals surface area contributed by atoms with Gasteiger partial charge in [0.1, 0.15) is 0 Å². The molecule has 0 saturated heterocycles. The fraction of sp³-hybridized carbons (Fsp3) is 0.333. The maximum Gasteiger partial charge on any atom is 0.236 e. The van der Waals surface area contributed by atoms with Crippen molar-refractivity contribution in [3.8, 4) is 0 Å². The zero-order valence-electron chi connectivity index (χ0n) is 5.36. The summed E-state index contributed by atoms with van der Waals surface area (Å²) >= 11 is 0. The Kier molecular flexibility index (Phi) is 1.71. The van der Waals surface area contributed by atoms with E-state index < -0.39 is 6.04 Å². The summed E-state index contributed by atoms with van der Waals surface area (Å²) in [5.41, 5.74) is 5.94. The molecule has 54 valence electrons. The smallest absolute Gasteiger partial charge is 0.236 e. The van der Waals surface area contributed by atoms with Gasteiger partial charge in [0, 0.05) is 10.6 Å². The molecule has 0 aromatic heterocycles. The van der Waals surface area contributed by atoms with Gasteiger partial charge < -0.3 is 5.73 Å². The highest BCUT2D eigenvalue weighted by Gasteiger charge is 2.18. The molecule has 0 aromatic carbocycles. The number of allylic oxidation sites excluding steroid dienone is 2. The fourth-order valence-corrected chi connectivity index (χ4v) is 0.830. The molecule has 4 nitrogen and oxygen atoms in total. The molecule has 1 atom stereocenters. The van der Waals surface area contributed by atoms with Crippen molar-refractivity contribution in [2.45, 2.75) is 12.5 Å². The van der Waals surface area contributed by atoms with Gasteiger partial charge in [-0.05, 0) is 12.2 Å². The summed E-state index contributed by atoms with van der Waals surface area (Å²) in [6.07, 6.45) is 5.17. The minimum atomic E-state index is -0.620. The topological polar surface area (TPSA) is 69.2 Å². The van der Waals surface area contributed by atoms with E-state index in [1.54, 1.807) is 12.2 Å². The lowest BCUT2D eigenvalue weighted by atomic mass is 10.1. The van der Waals surface area contributed by atoms with Crippen LogP contribution in [0.2, 0.25) is 0 Å². The van der Waals surface area contributed by atoms with E-state index in [0.29, 0.717) is 12.1 Å². The number of nitrogens with two attached hydrogens (primary N) is 1. The summed E-state index contributed by atoms with van der Waals surface area (Å²) in [5, 5.41) is 10.2. The zero-order valence-corrected chi connectivity index (χ0v) is 5.36. The molecule has 1 rings (SSSR count). The molecule has 1 aliphatic rings. The highest BCUT2D eigenvalue weighted by atomic mass is 16.6. The molecule has 0 amide bonds. The van der Waals surface area contributed by atoms with Crippen LogP contribution in [0.1, 0.15) is 6.42 Å². The van der Waals surface area contributed by atoms with Gasteiger partial charge in [-0.1, -0.05) is 6.08 Å². The van der Waals surface area contributed by atoms with Gasteiger partial charge in [-0.2, -0.15) is 0 Å². The van der Waals surface area contributed by atoms with Gasteiger partial charge in [-0.25, -0.2) is 0 Å². The van der Waals surface area contributed by atoms with Crippen molar-refractivity contribution >= 4 is 0 Å². The summed E-state index contributed by atoms with van der Waals surface area (Å²) < 4.78 is 0. The quantitative estimate of drug-likeness (QED) is 0.424. The summed E-state index contributed by atoms with van der Waals surface area (Å²) in [5.74, 6) is 0. The van der Waals surface area contributed by atoms with Crippen LogP contribution in [0.3, 0.4) is 0 Å². The van der Waals surface area contributed by atoms with E-state index in [2.05, 4.69) is 0 Å². The van der Waals surface area contributed by atoms with Crippen LogP contribution in [0.15, 0.2) is 23.9 Å². The number of hydrogen-bond donors (Lipinski definition) is 1. The average Bonchev–Trinajstić information content (AvgIpc) is 1.88. The fourth-order valence-electron chi connectivity index (χ4n) is 0.830. The molecule has 0 saturated carbocycles. The van der Waals surface area contributed by atoms with Crippen molar-refractivity contribution in [1.82, 2.24) is 0 Å². The van der Waals surface area contributed by atoms with Crippen LogP contribution in [0.25, 0.3) is 0 Å². The van der Waals surface area contributed by atoms with Crippen molar-refractivity contribution < 1.29 is 4.92 Å². The SMILES string of the molecule is NC1=CC=CC([N+](=O)[O-])C1. The first-order valence-electron chi connectivity index (χ1n) is 2.96. The molecule has 10 heavy (non-hydrogen) atoms. The molecule has 0 heterocycles. The van der Waals surface area contributed by atoms with Crippen LogP contribution in [0, 0.1) is 10.1 Å². The Balaban J connectivity index is 2.64. The first kappa shape index (κ1) is 6.80. The van der Waals surface area contributed by atoms with E-state index in [9.17, 15) is 10.1 Å². The second kappa shape index (κ2) is 2.51. The summed E-state index contributed by atoms with van der Waals surface area (Å²) in [7, 11) is 0. The Hall–Kier alpha value is -1.32. The minimum Gasteiger partial charge on any atom is -0.402 e. The summed E-state index contributed by atoms with van der Waals surface area (Å²) in [6, 6.07) is -0.620. The minimum absolute atomic E-state index is 0.337. The van der Waals surface area contributed by atoms with Crippen LogP contribution < -0.4 is 5.73 Å². The predicted octanol–water partition coefficient (Wildman–Crippen LogP) is 0.434. The summed E-state index contributed by atoms with van der Waals surface area (Å²) in [4.78, 5) is 9.83. The zero-order chi connectivity index (χ0) is 7.56. The first-order valence-corrected chi connectivity index (χ1v) is 2.96. The van der Waals surface area contributed by atoms with E-state index in [4.69, 9.17) is 5.73 Å². The lowest BCUT2D eigenvalue weighted by Crippen LogP contribution is -2.21. The number of nitro groups is 1. The molecule has 2 N–H and O–H groups in total. The largest absolute Gasteiger partial charge is 0.402 e. The van der Waals surface area contributed by atoms with Crippen LogP contribution in [0.4, 0.5) is 0 Å². The van der Waals surface area contributed by atoms with Gasteiger partial charge in [0.05, 0.1) is 6.42 Å².